The van der Waals surface area contributed by atoms with Crippen molar-refractivity contribution in [3.05, 3.63) is 30.3 Å². The Bertz CT molecular complexity index is 685. The zero-order valence-electron chi connectivity index (χ0n) is 16.1. The Morgan fingerprint density at radius 2 is 1.68 bits per heavy atom. The van der Waals surface area contributed by atoms with E-state index in [1.165, 1.54) is 0 Å². The molecule has 1 aromatic rings. The van der Waals surface area contributed by atoms with Crippen LogP contribution >= 0.6 is 0 Å². The van der Waals surface area contributed by atoms with Crippen LogP contribution in [-0.2, 0) is 14.4 Å². The van der Waals surface area contributed by atoms with Crippen LogP contribution in [0.15, 0.2) is 30.3 Å². The summed E-state index contributed by atoms with van der Waals surface area (Å²) in [5, 5.41) is 9.09. The number of carbonyl (C=O) groups excluding carboxylic acids is 2. The number of likely N-dealkylation sites (tertiary alicyclic amines) is 2. The second-order valence-electron chi connectivity index (χ2n) is 7.53. The molecule has 0 bridgehead atoms. The number of rotatable bonds is 6. The van der Waals surface area contributed by atoms with Gasteiger partial charge in [-0.2, -0.15) is 0 Å². The molecule has 0 aromatic heterocycles. The summed E-state index contributed by atoms with van der Waals surface area (Å²) in [6, 6.07) is 9.39. The molecule has 152 valence electrons. The van der Waals surface area contributed by atoms with E-state index in [1.54, 1.807) is 9.80 Å². The van der Waals surface area contributed by atoms with E-state index in [-0.39, 0.29) is 23.7 Å². The molecule has 1 unspecified atom stereocenters. The quantitative estimate of drug-likeness (QED) is 0.806. The number of ether oxygens (including phenoxy) is 1. The van der Waals surface area contributed by atoms with Crippen molar-refractivity contribution in [3.63, 3.8) is 0 Å². The van der Waals surface area contributed by atoms with E-state index in [2.05, 4.69) is 0 Å². The predicted molar refractivity (Wildman–Crippen MR) is 103 cm³/mol. The van der Waals surface area contributed by atoms with Gasteiger partial charge in [-0.05, 0) is 37.8 Å². The lowest BCUT2D eigenvalue weighted by molar-refractivity contribution is -0.148. The number of nitrogens with zero attached hydrogens (tertiary/aromatic N) is 2. The molecule has 0 saturated carbocycles. The number of para-hydroxylation sites is 1. The van der Waals surface area contributed by atoms with E-state index in [0.717, 1.165) is 18.6 Å². The van der Waals surface area contributed by atoms with E-state index in [1.807, 2.05) is 30.3 Å². The minimum atomic E-state index is -0.778. The number of carbonyl (C=O) groups is 3. The fraction of sp³-hybridized carbons (Fsp3) is 0.571. The topological polar surface area (TPSA) is 87.2 Å². The van der Waals surface area contributed by atoms with E-state index in [9.17, 15) is 14.4 Å². The second-order valence-corrected chi connectivity index (χ2v) is 7.53. The van der Waals surface area contributed by atoms with Crippen molar-refractivity contribution < 1.29 is 24.2 Å². The molecule has 28 heavy (non-hydrogen) atoms. The maximum absolute atomic E-state index is 12.8. The molecule has 2 amide bonds. The molecule has 0 spiro atoms. The smallest absolute Gasteiger partial charge is 0.306 e. The highest BCUT2D eigenvalue weighted by atomic mass is 16.5. The average molecular weight is 388 g/mol. The third kappa shape index (κ3) is 5.24. The van der Waals surface area contributed by atoms with Crippen LogP contribution in [0.1, 0.15) is 32.1 Å². The third-order valence-corrected chi connectivity index (χ3v) is 5.61. The Kier molecular flexibility index (Phi) is 6.90. The molecule has 1 N–H and O–H groups in total. The molecule has 2 fully saturated rings. The Balaban J connectivity index is 1.44. The van der Waals surface area contributed by atoms with Crippen molar-refractivity contribution in [3.8, 4) is 5.75 Å². The molecule has 2 heterocycles. The van der Waals surface area contributed by atoms with Gasteiger partial charge in [0.1, 0.15) is 5.75 Å². The molecule has 0 radical (unpaired) electrons. The van der Waals surface area contributed by atoms with Gasteiger partial charge < -0.3 is 19.6 Å². The zero-order valence-corrected chi connectivity index (χ0v) is 16.1. The Morgan fingerprint density at radius 1 is 0.964 bits per heavy atom. The molecule has 3 rings (SSSR count). The van der Waals surface area contributed by atoms with Crippen LogP contribution in [0.2, 0.25) is 0 Å². The van der Waals surface area contributed by atoms with Gasteiger partial charge in [0.15, 0.2) is 0 Å². The summed E-state index contributed by atoms with van der Waals surface area (Å²) in [5.41, 5.74) is 0. The monoisotopic (exact) mass is 388 g/mol. The van der Waals surface area contributed by atoms with Gasteiger partial charge in [-0.15, -0.1) is 0 Å². The van der Waals surface area contributed by atoms with Gasteiger partial charge in [0.2, 0.25) is 11.8 Å². The lowest BCUT2D eigenvalue weighted by atomic mass is 9.92. The predicted octanol–water partition coefficient (Wildman–Crippen LogP) is 2.02. The summed E-state index contributed by atoms with van der Waals surface area (Å²) in [4.78, 5) is 39.9. The Hall–Kier alpha value is -2.57. The lowest BCUT2D eigenvalue weighted by Gasteiger charge is -2.37. The zero-order chi connectivity index (χ0) is 19.9. The van der Waals surface area contributed by atoms with Crippen molar-refractivity contribution in [2.24, 2.45) is 11.8 Å². The van der Waals surface area contributed by atoms with Gasteiger partial charge in [0.25, 0.3) is 0 Å². The first kappa shape index (κ1) is 20.2. The maximum Gasteiger partial charge on any atom is 0.306 e. The van der Waals surface area contributed by atoms with Crippen LogP contribution in [0.5, 0.6) is 5.75 Å². The summed E-state index contributed by atoms with van der Waals surface area (Å²) in [6.07, 6.45) is 2.90. The van der Waals surface area contributed by atoms with Gasteiger partial charge in [-0.1, -0.05) is 18.2 Å². The molecule has 7 heteroatoms. The number of amides is 2. The SMILES string of the molecule is O=C(O)C1CCN(C(=O)C2CCCN(C(=O)CCOc3ccccc3)C2)CC1. The summed E-state index contributed by atoms with van der Waals surface area (Å²) < 4.78 is 5.60. The third-order valence-electron chi connectivity index (χ3n) is 5.61. The van der Waals surface area contributed by atoms with Crippen LogP contribution in [0.25, 0.3) is 0 Å². The van der Waals surface area contributed by atoms with Crippen molar-refractivity contribution in [1.82, 2.24) is 9.80 Å². The summed E-state index contributed by atoms with van der Waals surface area (Å²) in [5.74, 6) is -0.502. The summed E-state index contributed by atoms with van der Waals surface area (Å²) in [7, 11) is 0. The molecule has 1 aromatic carbocycles. The largest absolute Gasteiger partial charge is 0.493 e. The highest BCUT2D eigenvalue weighted by Crippen LogP contribution is 2.24. The second kappa shape index (κ2) is 9.57. The minimum Gasteiger partial charge on any atom is -0.493 e. The molecule has 2 saturated heterocycles. The van der Waals surface area contributed by atoms with Crippen LogP contribution in [0, 0.1) is 11.8 Å². The van der Waals surface area contributed by atoms with Gasteiger partial charge >= 0.3 is 5.97 Å². The molecule has 1 atom stereocenters. The van der Waals surface area contributed by atoms with E-state index < -0.39 is 5.97 Å². The number of hydrogen-bond acceptors (Lipinski definition) is 4. The van der Waals surface area contributed by atoms with Crippen LogP contribution in [0.3, 0.4) is 0 Å². The highest BCUT2D eigenvalue weighted by Gasteiger charge is 2.34. The van der Waals surface area contributed by atoms with Crippen molar-refractivity contribution in [2.75, 3.05) is 32.8 Å². The van der Waals surface area contributed by atoms with Crippen molar-refractivity contribution >= 4 is 17.8 Å². The number of benzene rings is 1. The number of carboxylic acids is 1. The first-order valence-electron chi connectivity index (χ1n) is 10.0. The number of aliphatic carboxylic acids is 1. The summed E-state index contributed by atoms with van der Waals surface area (Å²) in [6.45, 7) is 2.42. The Labute approximate surface area is 165 Å². The van der Waals surface area contributed by atoms with Gasteiger partial charge in [0, 0.05) is 26.2 Å². The van der Waals surface area contributed by atoms with Crippen molar-refractivity contribution in [2.45, 2.75) is 32.1 Å². The molecule has 7 nitrogen and oxygen atoms in total. The molecular weight excluding hydrogens is 360 g/mol. The normalized spacial score (nSPS) is 20.6. The van der Waals surface area contributed by atoms with Crippen molar-refractivity contribution in [1.29, 1.82) is 0 Å². The van der Waals surface area contributed by atoms with Gasteiger partial charge in [-0.25, -0.2) is 0 Å². The fourth-order valence-electron chi connectivity index (χ4n) is 3.94. The molecular formula is C21H28N2O5. The van der Waals surface area contributed by atoms with Crippen LogP contribution < -0.4 is 4.74 Å². The van der Waals surface area contributed by atoms with E-state index >= 15 is 0 Å². The molecule has 0 aliphatic carbocycles. The summed E-state index contributed by atoms with van der Waals surface area (Å²) >= 11 is 0. The standard InChI is InChI=1S/C21H28N2O5/c24-19(10-14-28-18-6-2-1-3-7-18)23-11-4-5-17(15-23)20(25)22-12-8-16(9-13-22)21(26)27/h1-3,6-7,16-17H,4-5,8-15H2,(H,26,27). The van der Waals surface area contributed by atoms with Crippen LogP contribution in [-0.4, -0.2) is 65.5 Å². The Morgan fingerprint density at radius 3 is 2.36 bits per heavy atom. The average Bonchev–Trinajstić information content (AvgIpc) is 2.74. The van der Waals surface area contributed by atoms with Crippen LogP contribution in [0.4, 0.5) is 0 Å². The minimum absolute atomic E-state index is 0.0121. The van der Waals surface area contributed by atoms with E-state index in [0.29, 0.717) is 52.0 Å². The van der Waals surface area contributed by atoms with E-state index in [4.69, 9.17) is 9.84 Å². The first-order chi connectivity index (χ1) is 13.5. The highest BCUT2D eigenvalue weighted by molar-refractivity contribution is 5.82. The number of carboxylic acid groups (broad SMARTS) is 1. The number of piperidine rings is 2. The lowest BCUT2D eigenvalue weighted by Crippen LogP contribution is -2.49. The first-order valence-corrected chi connectivity index (χ1v) is 10.0. The maximum atomic E-state index is 12.8. The van der Waals surface area contributed by atoms with Gasteiger partial charge in [0.05, 0.1) is 24.9 Å². The number of hydrogen-bond donors (Lipinski definition) is 1. The van der Waals surface area contributed by atoms with Gasteiger partial charge in [-0.3, -0.25) is 14.4 Å². The molecule has 2 aliphatic rings. The molecule has 2 aliphatic heterocycles. The fourth-order valence-corrected chi connectivity index (χ4v) is 3.94.